The average Bonchev–Trinajstić information content (AvgIpc) is 3.58. The Bertz CT molecular complexity index is 1250. The number of thiazole rings is 1. The van der Waals surface area contributed by atoms with Crippen LogP contribution in [0, 0.1) is 5.82 Å². The van der Waals surface area contributed by atoms with Crippen LogP contribution in [0.15, 0.2) is 54.2 Å². The molecule has 35 heavy (non-hydrogen) atoms. The summed E-state index contributed by atoms with van der Waals surface area (Å²) in [5, 5.41) is 7.90. The van der Waals surface area contributed by atoms with Crippen molar-refractivity contribution in [1.82, 2.24) is 20.6 Å². The third kappa shape index (κ3) is 4.71. The van der Waals surface area contributed by atoms with Crippen LogP contribution in [0.2, 0.25) is 0 Å². The monoisotopic (exact) mass is 494 g/mol. The number of hydrogen-bond acceptors (Lipinski definition) is 7. The number of pyridine rings is 1. The van der Waals surface area contributed by atoms with Crippen LogP contribution in [0.1, 0.15) is 35.3 Å². The van der Waals surface area contributed by atoms with Gasteiger partial charge >= 0.3 is 0 Å². The van der Waals surface area contributed by atoms with Crippen LogP contribution in [-0.2, 0) is 20.7 Å². The molecule has 3 atom stereocenters. The van der Waals surface area contributed by atoms with E-state index in [1.165, 1.54) is 23.5 Å². The molecule has 2 fully saturated rings. The van der Waals surface area contributed by atoms with Crippen LogP contribution in [0.5, 0.6) is 0 Å². The molecule has 2 amide bonds. The maximum Gasteiger partial charge on any atom is 0.271 e. The fourth-order valence-electron chi connectivity index (χ4n) is 4.64. The summed E-state index contributed by atoms with van der Waals surface area (Å²) in [6.07, 6.45) is 5.02. The molecule has 1 saturated heterocycles. The van der Waals surface area contributed by atoms with E-state index < -0.39 is 29.2 Å². The lowest BCUT2D eigenvalue weighted by Gasteiger charge is -2.30. The number of aromatic nitrogens is 2. The van der Waals surface area contributed by atoms with Gasteiger partial charge in [0.15, 0.2) is 5.78 Å². The third-order valence-corrected chi connectivity index (χ3v) is 7.36. The normalized spacial score (nSPS) is 22.0. The van der Waals surface area contributed by atoms with Gasteiger partial charge in [-0.15, -0.1) is 11.3 Å². The number of rotatable bonds is 7. The van der Waals surface area contributed by atoms with E-state index in [4.69, 9.17) is 4.74 Å². The lowest BCUT2D eigenvalue weighted by atomic mass is 9.91. The van der Waals surface area contributed by atoms with Crippen LogP contribution in [0.4, 0.5) is 4.39 Å². The highest BCUT2D eigenvalue weighted by Gasteiger charge is 2.55. The second-order valence-electron chi connectivity index (χ2n) is 8.71. The first-order valence-electron chi connectivity index (χ1n) is 11.3. The molecule has 3 aromatic rings. The van der Waals surface area contributed by atoms with Gasteiger partial charge in [0.1, 0.15) is 34.7 Å². The Balaban J connectivity index is 1.36. The molecule has 3 heterocycles. The number of benzene rings is 1. The van der Waals surface area contributed by atoms with Crippen molar-refractivity contribution in [2.75, 3.05) is 6.61 Å². The zero-order valence-corrected chi connectivity index (χ0v) is 19.5. The number of carbonyl (C=O) groups is 3. The minimum atomic E-state index is -1.06. The Labute approximate surface area is 204 Å². The number of nitrogens with zero attached hydrogens (tertiary/aromatic N) is 2. The van der Waals surface area contributed by atoms with Crippen molar-refractivity contribution in [3.8, 4) is 10.6 Å². The van der Waals surface area contributed by atoms with Gasteiger partial charge in [0.05, 0.1) is 6.10 Å². The average molecular weight is 495 g/mol. The van der Waals surface area contributed by atoms with E-state index in [0.29, 0.717) is 23.4 Å². The van der Waals surface area contributed by atoms with E-state index in [2.05, 4.69) is 20.6 Å². The summed E-state index contributed by atoms with van der Waals surface area (Å²) >= 11 is 1.29. The van der Waals surface area contributed by atoms with Crippen molar-refractivity contribution in [2.24, 2.45) is 0 Å². The first-order valence-corrected chi connectivity index (χ1v) is 12.2. The van der Waals surface area contributed by atoms with Crippen molar-refractivity contribution in [3.63, 3.8) is 0 Å². The Morgan fingerprint density at radius 1 is 1.26 bits per heavy atom. The van der Waals surface area contributed by atoms with Crippen LogP contribution < -0.4 is 10.6 Å². The van der Waals surface area contributed by atoms with Crippen LogP contribution >= 0.6 is 11.3 Å². The van der Waals surface area contributed by atoms with E-state index >= 15 is 0 Å². The van der Waals surface area contributed by atoms with Crippen LogP contribution in [-0.4, -0.2) is 51.9 Å². The van der Waals surface area contributed by atoms with E-state index in [9.17, 15) is 18.8 Å². The Morgan fingerprint density at radius 3 is 2.86 bits per heavy atom. The molecule has 1 aliphatic heterocycles. The number of halogens is 1. The molecule has 2 N–H and O–H groups in total. The van der Waals surface area contributed by atoms with Gasteiger partial charge in [-0.25, -0.2) is 9.37 Å². The summed E-state index contributed by atoms with van der Waals surface area (Å²) in [6.45, 7) is -0.0319. The fourth-order valence-corrected chi connectivity index (χ4v) is 5.43. The van der Waals surface area contributed by atoms with Crippen molar-refractivity contribution >= 4 is 28.9 Å². The minimum Gasteiger partial charge on any atom is -0.367 e. The summed E-state index contributed by atoms with van der Waals surface area (Å²) in [5.74, 6) is -1.56. The SMILES string of the molecule is O=C(NC(Cc1ccc(F)cc1)C(=O)NC12CCCC1OCC2=O)c1csc(-c2cccnc2)n1. The van der Waals surface area contributed by atoms with Crippen LogP contribution in [0.25, 0.3) is 10.6 Å². The summed E-state index contributed by atoms with van der Waals surface area (Å²) in [4.78, 5) is 47.6. The molecule has 2 aromatic heterocycles. The highest BCUT2D eigenvalue weighted by Crippen LogP contribution is 2.38. The van der Waals surface area contributed by atoms with Gasteiger partial charge in [0, 0.05) is 29.8 Å². The zero-order valence-electron chi connectivity index (χ0n) is 18.7. The lowest BCUT2D eigenvalue weighted by Crippen LogP contribution is -2.60. The Kier molecular flexibility index (Phi) is 6.40. The highest BCUT2D eigenvalue weighted by molar-refractivity contribution is 7.13. The minimum absolute atomic E-state index is 0.0319. The van der Waals surface area contributed by atoms with Gasteiger partial charge in [-0.3, -0.25) is 19.4 Å². The molecule has 0 radical (unpaired) electrons. The van der Waals surface area contributed by atoms with E-state index in [-0.39, 0.29) is 30.6 Å². The molecule has 0 bridgehead atoms. The molecular weight excluding hydrogens is 471 g/mol. The van der Waals surface area contributed by atoms with Crippen LogP contribution in [0.3, 0.4) is 0 Å². The summed E-state index contributed by atoms with van der Waals surface area (Å²) in [7, 11) is 0. The smallest absolute Gasteiger partial charge is 0.271 e. The second kappa shape index (κ2) is 9.63. The number of ketones is 1. The predicted octanol–water partition coefficient (Wildman–Crippen LogP) is 2.69. The van der Waals surface area contributed by atoms with Gasteiger partial charge < -0.3 is 15.4 Å². The standard InChI is InChI=1S/C25H23FN4O4S/c26-17-7-5-15(6-8-17)11-18(23(33)30-25-9-1-4-21(25)34-13-20(25)31)28-22(32)19-14-35-24(29-19)16-3-2-10-27-12-16/h2-3,5-8,10,12,14,18,21H,1,4,9,11,13H2,(H,28,32)(H,30,33). The Morgan fingerprint density at radius 2 is 2.09 bits per heavy atom. The maximum absolute atomic E-state index is 13.4. The van der Waals surface area contributed by atoms with E-state index in [1.54, 1.807) is 36.0 Å². The summed E-state index contributed by atoms with van der Waals surface area (Å²) in [5.41, 5.74) is 0.554. The number of fused-ring (bicyclic) bond motifs is 1. The number of nitrogens with one attached hydrogen (secondary N) is 2. The second-order valence-corrected chi connectivity index (χ2v) is 9.57. The quantitative estimate of drug-likeness (QED) is 0.523. The van der Waals surface area contributed by atoms with Gasteiger partial charge in [-0.2, -0.15) is 0 Å². The summed E-state index contributed by atoms with van der Waals surface area (Å²) < 4.78 is 19.0. The van der Waals surface area contributed by atoms with Crippen molar-refractivity contribution in [2.45, 2.75) is 43.4 Å². The number of carbonyl (C=O) groups excluding carboxylic acids is 3. The molecule has 5 rings (SSSR count). The lowest BCUT2D eigenvalue weighted by molar-refractivity contribution is -0.131. The number of ether oxygens (including phenoxy) is 1. The topological polar surface area (TPSA) is 110 Å². The third-order valence-electron chi connectivity index (χ3n) is 6.47. The first-order chi connectivity index (χ1) is 16.9. The van der Waals surface area contributed by atoms with Gasteiger partial charge in [0.25, 0.3) is 5.91 Å². The summed E-state index contributed by atoms with van der Waals surface area (Å²) in [6, 6.07) is 8.34. The van der Waals surface area contributed by atoms with Gasteiger partial charge in [0.2, 0.25) is 5.91 Å². The highest BCUT2D eigenvalue weighted by atomic mass is 32.1. The van der Waals surface area contributed by atoms with Gasteiger partial charge in [-0.05, 0) is 49.1 Å². The van der Waals surface area contributed by atoms with E-state index in [1.807, 2.05) is 6.07 Å². The molecule has 1 saturated carbocycles. The molecule has 2 aliphatic rings. The molecule has 10 heteroatoms. The molecule has 3 unspecified atom stereocenters. The zero-order chi connectivity index (χ0) is 24.4. The van der Waals surface area contributed by atoms with Crippen molar-refractivity contribution in [3.05, 3.63) is 71.2 Å². The largest absolute Gasteiger partial charge is 0.367 e. The van der Waals surface area contributed by atoms with Crippen molar-refractivity contribution in [1.29, 1.82) is 0 Å². The fraction of sp³-hybridized carbons (Fsp3) is 0.320. The number of amides is 2. The molecule has 180 valence electrons. The molecule has 1 aliphatic carbocycles. The maximum atomic E-state index is 13.4. The molecular formula is C25H23FN4O4S. The predicted molar refractivity (Wildman–Crippen MR) is 126 cm³/mol. The number of Topliss-reactive ketones (excluding diaryl/α,β-unsaturated/α-hetero) is 1. The number of hydrogen-bond donors (Lipinski definition) is 2. The molecule has 1 aromatic carbocycles. The van der Waals surface area contributed by atoms with Crippen molar-refractivity contribution < 1.29 is 23.5 Å². The van der Waals surface area contributed by atoms with E-state index in [0.717, 1.165) is 12.0 Å². The molecule has 0 spiro atoms. The van der Waals surface area contributed by atoms with Gasteiger partial charge in [-0.1, -0.05) is 12.1 Å². The molecule has 8 nitrogen and oxygen atoms in total. The first kappa shape index (κ1) is 23.3. The Hall–Kier alpha value is -3.50.